The summed E-state index contributed by atoms with van der Waals surface area (Å²) in [6.07, 6.45) is 2.25. The summed E-state index contributed by atoms with van der Waals surface area (Å²) in [6, 6.07) is 8.00. The number of rotatable bonds is 8. The Morgan fingerprint density at radius 2 is 1.17 bits per heavy atom. The summed E-state index contributed by atoms with van der Waals surface area (Å²) in [7, 11) is 2.18. The van der Waals surface area contributed by atoms with E-state index in [1.165, 1.54) is 0 Å². The molecule has 3 aromatic rings. The monoisotopic (exact) mass is 498 g/mol. The molecule has 0 fully saturated rings. The first-order valence-electron chi connectivity index (χ1n) is 10.1. The van der Waals surface area contributed by atoms with Gasteiger partial charge < -0.3 is 18.6 Å². The van der Waals surface area contributed by atoms with Crippen molar-refractivity contribution in [2.45, 2.75) is 13.1 Å². The summed E-state index contributed by atoms with van der Waals surface area (Å²) in [5, 5.41) is 22.6. The van der Waals surface area contributed by atoms with Crippen LogP contribution in [0.4, 0.5) is 11.4 Å². The van der Waals surface area contributed by atoms with Crippen molar-refractivity contribution in [2.75, 3.05) is 14.2 Å². The van der Waals surface area contributed by atoms with Crippen molar-refractivity contribution in [1.82, 2.24) is 9.13 Å². The van der Waals surface area contributed by atoms with Crippen LogP contribution >= 0.6 is 0 Å². The van der Waals surface area contributed by atoms with Crippen molar-refractivity contribution in [3.63, 3.8) is 0 Å². The average Bonchev–Trinajstić information content (AvgIpc) is 2.85. The SMILES string of the molecule is COC(=O)c1cc([N+](=O)[O-])c(=O)n(Cc2cccc(Cn3cc(C(=O)OC)cc([N+](=O)[O-])c3=O)c2)c1. The van der Waals surface area contributed by atoms with Gasteiger partial charge in [-0.3, -0.25) is 29.8 Å². The summed E-state index contributed by atoms with van der Waals surface area (Å²) in [5.74, 6) is -1.74. The van der Waals surface area contributed by atoms with Crippen molar-refractivity contribution >= 4 is 23.3 Å². The van der Waals surface area contributed by atoms with Crippen molar-refractivity contribution in [2.24, 2.45) is 0 Å². The maximum atomic E-state index is 12.5. The van der Waals surface area contributed by atoms with Crippen molar-refractivity contribution in [3.05, 3.63) is 112 Å². The molecule has 0 spiro atoms. The van der Waals surface area contributed by atoms with E-state index in [-0.39, 0.29) is 24.2 Å². The van der Waals surface area contributed by atoms with Gasteiger partial charge in [-0.2, -0.15) is 0 Å². The highest BCUT2D eigenvalue weighted by Crippen LogP contribution is 2.14. The molecule has 0 amide bonds. The summed E-state index contributed by atoms with van der Waals surface area (Å²) in [5.41, 5.74) is -2.97. The average molecular weight is 498 g/mol. The number of nitro groups is 2. The van der Waals surface area contributed by atoms with E-state index < -0.39 is 44.3 Å². The zero-order valence-corrected chi connectivity index (χ0v) is 18.9. The number of aromatic nitrogens is 2. The number of carbonyl (C=O) groups excluding carboxylic acids is 2. The fraction of sp³-hybridized carbons (Fsp3) is 0.182. The molecule has 2 aromatic heterocycles. The molecule has 36 heavy (non-hydrogen) atoms. The molecular weight excluding hydrogens is 480 g/mol. The minimum Gasteiger partial charge on any atom is -0.465 e. The van der Waals surface area contributed by atoms with Gasteiger partial charge in [-0.05, 0) is 11.1 Å². The van der Waals surface area contributed by atoms with Crippen LogP contribution in [0, 0.1) is 20.2 Å². The second-order valence-electron chi connectivity index (χ2n) is 7.41. The third-order valence-electron chi connectivity index (χ3n) is 5.07. The molecule has 0 aliphatic rings. The third kappa shape index (κ3) is 5.32. The van der Waals surface area contributed by atoms with E-state index in [0.29, 0.717) is 11.1 Å². The molecule has 0 aliphatic heterocycles. The number of ether oxygens (including phenoxy) is 2. The number of esters is 2. The predicted molar refractivity (Wildman–Crippen MR) is 122 cm³/mol. The Labute approximate surface area is 201 Å². The first kappa shape index (κ1) is 25.5. The van der Waals surface area contributed by atoms with Crippen molar-refractivity contribution < 1.29 is 28.9 Å². The maximum absolute atomic E-state index is 12.5. The zero-order chi connectivity index (χ0) is 26.6. The minimum atomic E-state index is -0.948. The lowest BCUT2D eigenvalue weighted by molar-refractivity contribution is -0.386. The van der Waals surface area contributed by atoms with E-state index in [9.17, 15) is 39.4 Å². The number of carbonyl (C=O) groups is 2. The van der Waals surface area contributed by atoms with E-state index in [0.717, 1.165) is 47.9 Å². The summed E-state index contributed by atoms with van der Waals surface area (Å²) < 4.78 is 11.1. The largest absolute Gasteiger partial charge is 0.465 e. The molecule has 0 radical (unpaired) electrons. The van der Waals surface area contributed by atoms with Gasteiger partial charge in [0.15, 0.2) is 0 Å². The van der Waals surface area contributed by atoms with Crippen LogP contribution in [0.15, 0.2) is 58.4 Å². The van der Waals surface area contributed by atoms with Crippen LogP contribution in [0.2, 0.25) is 0 Å². The quantitative estimate of drug-likeness (QED) is 0.250. The summed E-state index contributed by atoms with van der Waals surface area (Å²) in [4.78, 5) is 69.6. The Hall–Kier alpha value is -5.14. The highest BCUT2D eigenvalue weighted by molar-refractivity contribution is 5.90. The third-order valence-corrected chi connectivity index (χ3v) is 5.07. The molecule has 0 aliphatic carbocycles. The summed E-state index contributed by atoms with van der Waals surface area (Å²) in [6.45, 7) is -0.342. The Kier molecular flexibility index (Phi) is 7.37. The molecule has 0 N–H and O–H groups in total. The van der Waals surface area contributed by atoms with Gasteiger partial charge in [-0.25, -0.2) is 9.59 Å². The highest BCUT2D eigenvalue weighted by atomic mass is 16.6. The van der Waals surface area contributed by atoms with Crippen LogP contribution in [-0.2, 0) is 22.6 Å². The maximum Gasteiger partial charge on any atom is 0.339 e. The van der Waals surface area contributed by atoms with E-state index in [1.54, 1.807) is 24.3 Å². The van der Waals surface area contributed by atoms with Gasteiger partial charge in [-0.1, -0.05) is 24.3 Å². The van der Waals surface area contributed by atoms with E-state index in [4.69, 9.17) is 0 Å². The van der Waals surface area contributed by atoms with Crippen LogP contribution < -0.4 is 11.1 Å². The van der Waals surface area contributed by atoms with Gasteiger partial charge in [0.25, 0.3) is 0 Å². The lowest BCUT2D eigenvalue weighted by Crippen LogP contribution is -2.25. The van der Waals surface area contributed by atoms with Gasteiger partial charge in [0, 0.05) is 24.5 Å². The molecule has 1 aromatic carbocycles. The van der Waals surface area contributed by atoms with Crippen LogP contribution in [0.5, 0.6) is 0 Å². The normalized spacial score (nSPS) is 10.5. The van der Waals surface area contributed by atoms with Crippen LogP contribution in [0.1, 0.15) is 31.8 Å². The molecule has 0 atom stereocenters. The van der Waals surface area contributed by atoms with Crippen molar-refractivity contribution in [1.29, 1.82) is 0 Å². The molecule has 186 valence electrons. The number of nitrogens with zero attached hydrogens (tertiary/aromatic N) is 4. The molecular formula is C22H18N4O10. The molecule has 14 heteroatoms. The van der Waals surface area contributed by atoms with Gasteiger partial charge in [-0.15, -0.1) is 0 Å². The van der Waals surface area contributed by atoms with Crippen LogP contribution in [0.3, 0.4) is 0 Å². The predicted octanol–water partition coefficient (Wildman–Crippen LogP) is 1.50. The molecule has 14 nitrogen and oxygen atoms in total. The van der Waals surface area contributed by atoms with E-state index in [1.807, 2.05) is 0 Å². The van der Waals surface area contributed by atoms with E-state index >= 15 is 0 Å². The summed E-state index contributed by atoms with van der Waals surface area (Å²) >= 11 is 0. The molecule has 0 unspecified atom stereocenters. The van der Waals surface area contributed by atoms with Gasteiger partial charge in [0.1, 0.15) is 0 Å². The molecule has 2 heterocycles. The standard InChI is InChI=1S/C22H18N4O10/c1-35-21(29)15-7-17(25(31)32)19(27)23(11-15)9-13-4-3-5-14(6-13)10-24-12-16(22(30)36-2)8-18(20(24)28)26(33)34/h3-8,11-12H,9-10H2,1-2H3. The fourth-order valence-corrected chi connectivity index (χ4v) is 3.42. The van der Waals surface area contributed by atoms with Crippen molar-refractivity contribution in [3.8, 4) is 0 Å². The Bertz CT molecular complexity index is 1400. The number of pyridine rings is 2. The topological polar surface area (TPSA) is 183 Å². The lowest BCUT2D eigenvalue weighted by Gasteiger charge is -2.11. The van der Waals surface area contributed by atoms with Gasteiger partial charge in [0.05, 0.1) is 48.3 Å². The minimum absolute atomic E-state index is 0.171. The number of hydrogen-bond donors (Lipinski definition) is 0. The Balaban J connectivity index is 2.01. The first-order valence-corrected chi connectivity index (χ1v) is 10.1. The second-order valence-corrected chi connectivity index (χ2v) is 7.41. The van der Waals surface area contributed by atoms with Gasteiger partial charge in [0.2, 0.25) is 0 Å². The highest BCUT2D eigenvalue weighted by Gasteiger charge is 2.22. The number of hydrogen-bond acceptors (Lipinski definition) is 10. The zero-order valence-electron chi connectivity index (χ0n) is 18.9. The van der Waals surface area contributed by atoms with Crippen LogP contribution in [-0.4, -0.2) is 45.1 Å². The lowest BCUT2D eigenvalue weighted by atomic mass is 10.1. The smallest absolute Gasteiger partial charge is 0.339 e. The molecule has 0 saturated heterocycles. The fourth-order valence-electron chi connectivity index (χ4n) is 3.42. The van der Waals surface area contributed by atoms with Gasteiger partial charge >= 0.3 is 34.4 Å². The Morgan fingerprint density at radius 3 is 1.50 bits per heavy atom. The Morgan fingerprint density at radius 1 is 0.778 bits per heavy atom. The van der Waals surface area contributed by atoms with Crippen LogP contribution in [0.25, 0.3) is 0 Å². The number of benzene rings is 1. The second kappa shape index (κ2) is 10.4. The molecule has 0 bridgehead atoms. The number of methoxy groups -OCH3 is 2. The molecule has 3 rings (SSSR count). The van der Waals surface area contributed by atoms with E-state index in [2.05, 4.69) is 9.47 Å². The molecule has 0 saturated carbocycles. The first-order chi connectivity index (χ1) is 17.0.